The summed E-state index contributed by atoms with van der Waals surface area (Å²) < 4.78 is 5.08. The van der Waals surface area contributed by atoms with Gasteiger partial charge in [0.2, 0.25) is 0 Å². The molecule has 0 heterocycles. The number of methoxy groups -OCH3 is 1. The van der Waals surface area contributed by atoms with Crippen LogP contribution in [0.5, 0.6) is 5.75 Å². The zero-order chi connectivity index (χ0) is 10.5. The van der Waals surface area contributed by atoms with Gasteiger partial charge in [-0.25, -0.2) is 5.32 Å². The molecule has 0 aliphatic carbocycles. The molecule has 0 fully saturated rings. The molecular weight excluding hydrogens is 186 g/mol. The Balaban J connectivity index is 2.11. The number of ether oxygens (including phenoxy) is 1. The Morgan fingerprint density at radius 1 is 0.800 bits per heavy atom. The molecule has 0 aromatic heterocycles. The van der Waals surface area contributed by atoms with Crippen LogP contribution in [0.1, 0.15) is 0 Å². The van der Waals surface area contributed by atoms with Gasteiger partial charge in [-0.1, -0.05) is 18.2 Å². The van der Waals surface area contributed by atoms with E-state index in [2.05, 4.69) is 5.32 Å². The largest absolute Gasteiger partial charge is 0.497 e. The van der Waals surface area contributed by atoms with Gasteiger partial charge in [0, 0.05) is 0 Å². The fourth-order valence-electron chi connectivity index (χ4n) is 1.31. The quantitative estimate of drug-likeness (QED) is 0.742. The lowest BCUT2D eigenvalue weighted by atomic mass is 10.2. The van der Waals surface area contributed by atoms with Gasteiger partial charge in [0.05, 0.1) is 18.5 Å². The van der Waals surface area contributed by atoms with Crippen molar-refractivity contribution in [1.29, 1.82) is 0 Å². The summed E-state index contributed by atoms with van der Waals surface area (Å²) in [6, 6.07) is 17.6. The molecule has 2 aromatic carbocycles. The van der Waals surface area contributed by atoms with E-state index in [0.717, 1.165) is 17.1 Å². The number of rotatable bonds is 3. The molecule has 0 saturated carbocycles. The van der Waals surface area contributed by atoms with Gasteiger partial charge in [-0.05, 0) is 36.4 Å². The summed E-state index contributed by atoms with van der Waals surface area (Å²) >= 11 is 0. The molecule has 0 N–H and O–H groups in total. The number of benzene rings is 2. The van der Waals surface area contributed by atoms with Crippen LogP contribution >= 0.6 is 0 Å². The predicted octanol–water partition coefficient (Wildman–Crippen LogP) is 3.26. The third-order valence-corrected chi connectivity index (χ3v) is 2.09. The van der Waals surface area contributed by atoms with Crippen LogP contribution in [0.3, 0.4) is 0 Å². The third-order valence-electron chi connectivity index (χ3n) is 2.09. The van der Waals surface area contributed by atoms with E-state index < -0.39 is 0 Å². The van der Waals surface area contributed by atoms with Gasteiger partial charge >= 0.3 is 0 Å². The molecule has 0 amide bonds. The number of hydrogen-bond acceptors (Lipinski definition) is 1. The smallest absolute Gasteiger partial charge is 0.119 e. The Bertz CT molecular complexity index is 408. The molecule has 2 nitrogen and oxygen atoms in total. The van der Waals surface area contributed by atoms with Crippen molar-refractivity contribution in [2.45, 2.75) is 0 Å². The molecule has 0 atom stereocenters. The molecule has 1 radical (unpaired) electrons. The Labute approximate surface area is 89.5 Å². The average molecular weight is 198 g/mol. The maximum atomic E-state index is 5.08. The van der Waals surface area contributed by atoms with Gasteiger partial charge in [0.25, 0.3) is 0 Å². The van der Waals surface area contributed by atoms with Crippen molar-refractivity contribution in [1.82, 2.24) is 5.32 Å². The van der Waals surface area contributed by atoms with Crippen LogP contribution in [-0.2, 0) is 0 Å². The van der Waals surface area contributed by atoms with Gasteiger partial charge in [-0.3, -0.25) is 0 Å². The fraction of sp³-hybridized carbons (Fsp3) is 0.0769. The first-order valence-corrected chi connectivity index (χ1v) is 4.79. The summed E-state index contributed by atoms with van der Waals surface area (Å²) in [5.74, 6) is 0.849. The molecular formula is C13H12NO. The SMILES string of the molecule is COc1ccc([N]c2ccccc2)cc1. The maximum absolute atomic E-state index is 5.08. The third kappa shape index (κ3) is 2.50. The monoisotopic (exact) mass is 198 g/mol. The second kappa shape index (κ2) is 4.51. The summed E-state index contributed by atoms with van der Waals surface area (Å²) in [5, 5.41) is 4.46. The van der Waals surface area contributed by atoms with E-state index in [0.29, 0.717) is 0 Å². The first-order valence-electron chi connectivity index (χ1n) is 4.79. The summed E-state index contributed by atoms with van der Waals surface area (Å²) in [6.45, 7) is 0. The minimum absolute atomic E-state index is 0.849. The summed E-state index contributed by atoms with van der Waals surface area (Å²) in [6.07, 6.45) is 0. The van der Waals surface area contributed by atoms with E-state index in [-0.39, 0.29) is 0 Å². The van der Waals surface area contributed by atoms with Crippen LogP contribution in [0.4, 0.5) is 11.4 Å². The van der Waals surface area contributed by atoms with E-state index in [1.54, 1.807) is 7.11 Å². The molecule has 75 valence electrons. The van der Waals surface area contributed by atoms with Gasteiger partial charge in [-0.2, -0.15) is 0 Å². The van der Waals surface area contributed by atoms with Gasteiger partial charge < -0.3 is 4.74 Å². The molecule has 0 spiro atoms. The molecule has 0 aliphatic rings. The Kier molecular flexibility index (Phi) is 2.88. The van der Waals surface area contributed by atoms with Crippen LogP contribution in [0.2, 0.25) is 0 Å². The molecule has 15 heavy (non-hydrogen) atoms. The zero-order valence-corrected chi connectivity index (χ0v) is 8.55. The lowest BCUT2D eigenvalue weighted by Crippen LogP contribution is -1.88. The summed E-state index contributed by atoms with van der Waals surface area (Å²) in [5.41, 5.74) is 1.89. The van der Waals surface area contributed by atoms with Crippen molar-refractivity contribution in [2.24, 2.45) is 0 Å². The van der Waals surface area contributed by atoms with Gasteiger partial charge in [-0.15, -0.1) is 0 Å². The second-order valence-corrected chi connectivity index (χ2v) is 3.15. The first kappa shape index (κ1) is 9.59. The minimum Gasteiger partial charge on any atom is -0.497 e. The Morgan fingerprint density at radius 3 is 2.00 bits per heavy atom. The van der Waals surface area contributed by atoms with Crippen molar-refractivity contribution in [3.63, 3.8) is 0 Å². The number of nitrogens with zero attached hydrogens (tertiary/aromatic N) is 1. The molecule has 2 aromatic rings. The standard InChI is InChI=1S/C13H12NO/c1-15-13-9-7-12(8-10-13)14-11-5-3-2-4-6-11/h2-10H,1H3. The summed E-state index contributed by atoms with van der Waals surface area (Å²) in [4.78, 5) is 0. The second-order valence-electron chi connectivity index (χ2n) is 3.15. The lowest BCUT2D eigenvalue weighted by Gasteiger charge is -2.03. The topological polar surface area (TPSA) is 23.3 Å². The van der Waals surface area contributed by atoms with Gasteiger partial charge in [0.15, 0.2) is 0 Å². The zero-order valence-electron chi connectivity index (χ0n) is 8.55. The fourth-order valence-corrected chi connectivity index (χ4v) is 1.31. The maximum Gasteiger partial charge on any atom is 0.119 e. The molecule has 2 heteroatoms. The number of para-hydroxylation sites is 1. The molecule has 0 bridgehead atoms. The van der Waals surface area contributed by atoms with E-state index in [9.17, 15) is 0 Å². The predicted molar refractivity (Wildman–Crippen MR) is 60.9 cm³/mol. The van der Waals surface area contributed by atoms with Crippen molar-refractivity contribution in [3.8, 4) is 5.75 Å². The Hall–Kier alpha value is -1.96. The Morgan fingerprint density at radius 2 is 1.40 bits per heavy atom. The average Bonchev–Trinajstić information content (AvgIpc) is 2.31. The highest BCUT2D eigenvalue weighted by atomic mass is 16.5. The lowest BCUT2D eigenvalue weighted by molar-refractivity contribution is 0.415. The van der Waals surface area contributed by atoms with E-state index in [4.69, 9.17) is 4.74 Å². The molecule has 0 unspecified atom stereocenters. The highest BCUT2D eigenvalue weighted by Crippen LogP contribution is 2.19. The molecule has 0 aliphatic heterocycles. The molecule has 2 rings (SSSR count). The first-order chi connectivity index (χ1) is 7.38. The van der Waals surface area contributed by atoms with E-state index >= 15 is 0 Å². The van der Waals surface area contributed by atoms with Crippen LogP contribution in [-0.4, -0.2) is 7.11 Å². The van der Waals surface area contributed by atoms with E-state index in [1.807, 2.05) is 54.6 Å². The van der Waals surface area contributed by atoms with Crippen molar-refractivity contribution in [3.05, 3.63) is 54.6 Å². The van der Waals surface area contributed by atoms with Crippen LogP contribution in [0.15, 0.2) is 54.6 Å². The van der Waals surface area contributed by atoms with Crippen molar-refractivity contribution in [2.75, 3.05) is 7.11 Å². The number of hydrogen-bond donors (Lipinski definition) is 0. The minimum atomic E-state index is 0.849. The molecule has 0 saturated heterocycles. The normalized spacial score (nSPS) is 9.67. The van der Waals surface area contributed by atoms with Gasteiger partial charge in [0.1, 0.15) is 5.75 Å². The highest BCUT2D eigenvalue weighted by molar-refractivity contribution is 5.49. The van der Waals surface area contributed by atoms with Crippen molar-refractivity contribution >= 4 is 11.4 Å². The van der Waals surface area contributed by atoms with Crippen LogP contribution in [0.25, 0.3) is 0 Å². The van der Waals surface area contributed by atoms with Crippen LogP contribution < -0.4 is 10.1 Å². The summed E-state index contributed by atoms with van der Waals surface area (Å²) in [7, 11) is 1.66. The highest BCUT2D eigenvalue weighted by Gasteiger charge is 1.96. The van der Waals surface area contributed by atoms with Crippen LogP contribution in [0, 0.1) is 0 Å². The van der Waals surface area contributed by atoms with E-state index in [1.165, 1.54) is 0 Å². The van der Waals surface area contributed by atoms with Crippen molar-refractivity contribution < 1.29 is 4.74 Å².